The highest BCUT2D eigenvalue weighted by molar-refractivity contribution is 9.10. The molecule has 5 rings (SSSR count). The second kappa shape index (κ2) is 6.19. The van der Waals surface area contributed by atoms with E-state index in [0.29, 0.717) is 6.54 Å². The van der Waals surface area contributed by atoms with E-state index in [0.717, 1.165) is 53.4 Å². The molecule has 7 heteroatoms. The lowest BCUT2D eigenvalue weighted by molar-refractivity contribution is -0.122. The lowest BCUT2D eigenvalue weighted by Gasteiger charge is -2.35. The number of carbonyl (C=O) groups excluding carboxylic acids is 2. The summed E-state index contributed by atoms with van der Waals surface area (Å²) >= 11 is 3.51. The zero-order valence-electron chi connectivity index (χ0n) is 14.9. The van der Waals surface area contributed by atoms with E-state index in [9.17, 15) is 9.59 Å². The third-order valence-electron chi connectivity index (χ3n) is 6.14. The monoisotopic (exact) mass is 428 g/mol. The number of H-pyrrole nitrogens is 1. The molecule has 0 saturated heterocycles. The van der Waals surface area contributed by atoms with Crippen LogP contribution in [0.4, 0.5) is 0 Å². The van der Waals surface area contributed by atoms with Crippen LogP contribution in [-0.4, -0.2) is 46.0 Å². The van der Waals surface area contributed by atoms with Gasteiger partial charge < -0.3 is 10.2 Å². The van der Waals surface area contributed by atoms with E-state index in [-0.39, 0.29) is 29.8 Å². The highest BCUT2D eigenvalue weighted by Crippen LogP contribution is 2.52. The van der Waals surface area contributed by atoms with Gasteiger partial charge in [0.15, 0.2) is 0 Å². The molecule has 3 aliphatic rings. The van der Waals surface area contributed by atoms with E-state index in [2.05, 4.69) is 37.5 Å². The summed E-state index contributed by atoms with van der Waals surface area (Å²) in [4.78, 5) is 27.3. The second-order valence-corrected chi connectivity index (χ2v) is 8.93. The quantitative estimate of drug-likeness (QED) is 0.787. The van der Waals surface area contributed by atoms with Crippen molar-refractivity contribution < 1.29 is 9.59 Å². The minimum Gasteiger partial charge on any atom is -0.351 e. The van der Waals surface area contributed by atoms with Gasteiger partial charge in [0.2, 0.25) is 5.91 Å². The van der Waals surface area contributed by atoms with Crippen molar-refractivity contribution in [2.24, 2.45) is 0 Å². The van der Waals surface area contributed by atoms with Gasteiger partial charge in [-0.05, 0) is 55.0 Å². The molecule has 2 amide bonds. The van der Waals surface area contributed by atoms with Gasteiger partial charge in [0.25, 0.3) is 5.91 Å². The average molecular weight is 429 g/mol. The number of aryl methyl sites for hydroxylation is 1. The second-order valence-electron chi connectivity index (χ2n) is 8.01. The van der Waals surface area contributed by atoms with Gasteiger partial charge in [-0.25, -0.2) is 0 Å². The van der Waals surface area contributed by atoms with E-state index < -0.39 is 0 Å². The molecule has 1 aliphatic heterocycles. The summed E-state index contributed by atoms with van der Waals surface area (Å²) in [7, 11) is 0. The molecule has 140 valence electrons. The molecule has 6 nitrogen and oxygen atoms in total. The van der Waals surface area contributed by atoms with Crippen molar-refractivity contribution in [2.75, 3.05) is 13.1 Å². The van der Waals surface area contributed by atoms with Crippen molar-refractivity contribution >= 4 is 27.7 Å². The maximum Gasteiger partial charge on any atom is 0.254 e. The molecule has 2 N–H and O–H groups in total. The Morgan fingerprint density at radius 3 is 3.07 bits per heavy atom. The first-order chi connectivity index (χ1) is 13.0. The van der Waals surface area contributed by atoms with Gasteiger partial charge in [0, 0.05) is 40.2 Å². The van der Waals surface area contributed by atoms with Crippen molar-refractivity contribution in [1.29, 1.82) is 0 Å². The largest absolute Gasteiger partial charge is 0.351 e. The molecular weight excluding hydrogens is 408 g/mol. The van der Waals surface area contributed by atoms with Crippen molar-refractivity contribution in [3.8, 4) is 0 Å². The van der Waals surface area contributed by atoms with Gasteiger partial charge in [-0.1, -0.05) is 15.9 Å². The smallest absolute Gasteiger partial charge is 0.254 e. The number of aromatic amines is 1. The topological polar surface area (TPSA) is 78.1 Å². The maximum atomic E-state index is 12.9. The van der Waals surface area contributed by atoms with Gasteiger partial charge in [0.1, 0.15) is 0 Å². The number of nitrogens with zero attached hydrogens (tertiary/aromatic N) is 2. The predicted octanol–water partition coefficient (Wildman–Crippen LogP) is 2.33. The molecule has 2 heterocycles. The normalized spacial score (nSPS) is 22.3. The molecule has 2 aliphatic carbocycles. The Morgan fingerprint density at radius 2 is 2.26 bits per heavy atom. The molecule has 1 atom stereocenters. The molecule has 2 aromatic rings. The maximum absolute atomic E-state index is 12.9. The number of rotatable bonds is 3. The van der Waals surface area contributed by atoms with E-state index in [1.54, 1.807) is 4.90 Å². The van der Waals surface area contributed by atoms with Crippen molar-refractivity contribution in [2.45, 2.75) is 43.6 Å². The Hall–Kier alpha value is -2.15. The number of hydrogen-bond donors (Lipinski definition) is 2. The number of nitrogens with one attached hydrogen (secondary N) is 2. The molecule has 1 aromatic carbocycles. The minimum atomic E-state index is -0.0762. The van der Waals surface area contributed by atoms with Crippen LogP contribution in [-0.2, 0) is 23.1 Å². The summed E-state index contributed by atoms with van der Waals surface area (Å²) in [5.74, 6) is -0.114. The van der Waals surface area contributed by atoms with E-state index >= 15 is 0 Å². The van der Waals surface area contributed by atoms with Crippen LogP contribution in [0.1, 0.15) is 46.4 Å². The highest BCUT2D eigenvalue weighted by atomic mass is 79.9. The molecule has 0 bridgehead atoms. The van der Waals surface area contributed by atoms with Gasteiger partial charge in [-0.15, -0.1) is 0 Å². The van der Waals surface area contributed by atoms with Crippen LogP contribution in [0.2, 0.25) is 0 Å². The Labute approximate surface area is 165 Å². The molecule has 1 unspecified atom stereocenters. The Kier molecular flexibility index (Phi) is 3.89. The van der Waals surface area contributed by atoms with Crippen LogP contribution in [0.15, 0.2) is 28.9 Å². The first-order valence-corrected chi connectivity index (χ1v) is 10.2. The fourth-order valence-corrected chi connectivity index (χ4v) is 4.88. The standard InChI is InChI=1S/C20H21BrN4O2/c21-13-2-4-15-16(7-13)20(5-6-20)11-25(19(15)27)10-18(26)23-14-3-1-12-9-22-24-17(12)8-14/h2,4,7,9,14H,1,3,5-6,8,10-11H2,(H,22,24)(H,23,26). The van der Waals surface area contributed by atoms with Crippen LogP contribution in [0.3, 0.4) is 0 Å². The number of aromatic nitrogens is 2. The molecule has 1 spiro atoms. The molecule has 1 aromatic heterocycles. The predicted molar refractivity (Wildman–Crippen MR) is 104 cm³/mol. The molecular formula is C20H21BrN4O2. The number of fused-ring (bicyclic) bond motifs is 3. The summed E-state index contributed by atoms with van der Waals surface area (Å²) in [6.07, 6.45) is 6.62. The third kappa shape index (κ3) is 2.98. The molecule has 1 saturated carbocycles. The number of benzene rings is 1. The molecule has 27 heavy (non-hydrogen) atoms. The molecule has 0 radical (unpaired) electrons. The van der Waals surface area contributed by atoms with Crippen LogP contribution in [0.25, 0.3) is 0 Å². The Bertz CT molecular complexity index is 934. The fraction of sp³-hybridized carbons (Fsp3) is 0.450. The third-order valence-corrected chi connectivity index (χ3v) is 6.63. The molecule has 1 fully saturated rings. The highest BCUT2D eigenvalue weighted by Gasteiger charge is 2.51. The van der Waals surface area contributed by atoms with E-state index in [4.69, 9.17) is 0 Å². The first-order valence-electron chi connectivity index (χ1n) is 9.44. The Balaban J connectivity index is 1.28. The van der Waals surface area contributed by atoms with Gasteiger partial charge in [-0.2, -0.15) is 5.10 Å². The Morgan fingerprint density at radius 1 is 1.41 bits per heavy atom. The number of carbonyl (C=O) groups is 2. The van der Waals surface area contributed by atoms with Crippen LogP contribution in [0.5, 0.6) is 0 Å². The summed E-state index contributed by atoms with van der Waals surface area (Å²) in [5.41, 5.74) is 4.28. The first kappa shape index (κ1) is 17.0. The lowest BCUT2D eigenvalue weighted by Crippen LogP contribution is -2.50. The number of amides is 2. The van der Waals surface area contributed by atoms with E-state index in [1.807, 2.05) is 18.3 Å². The van der Waals surface area contributed by atoms with E-state index in [1.165, 1.54) is 5.56 Å². The number of halogens is 1. The number of hydrogen-bond acceptors (Lipinski definition) is 3. The van der Waals surface area contributed by atoms with Crippen molar-refractivity contribution in [3.63, 3.8) is 0 Å². The lowest BCUT2D eigenvalue weighted by atomic mass is 9.86. The van der Waals surface area contributed by atoms with Crippen LogP contribution >= 0.6 is 15.9 Å². The summed E-state index contributed by atoms with van der Waals surface area (Å²) in [5, 5.41) is 10.2. The summed E-state index contributed by atoms with van der Waals surface area (Å²) in [6.45, 7) is 0.764. The van der Waals surface area contributed by atoms with Gasteiger partial charge in [0.05, 0.1) is 12.7 Å². The van der Waals surface area contributed by atoms with Crippen LogP contribution < -0.4 is 5.32 Å². The minimum absolute atomic E-state index is 0.0373. The zero-order valence-corrected chi connectivity index (χ0v) is 16.5. The van der Waals surface area contributed by atoms with Gasteiger partial charge >= 0.3 is 0 Å². The summed E-state index contributed by atoms with van der Waals surface area (Å²) in [6, 6.07) is 5.96. The SMILES string of the molecule is O=C(CN1CC2(CC2)c2cc(Br)ccc2C1=O)NC1CCc2cn[nH]c2C1. The van der Waals surface area contributed by atoms with Crippen LogP contribution in [0, 0.1) is 0 Å². The van der Waals surface area contributed by atoms with Crippen molar-refractivity contribution in [3.05, 3.63) is 51.3 Å². The van der Waals surface area contributed by atoms with Gasteiger partial charge in [-0.3, -0.25) is 14.7 Å². The fourth-order valence-electron chi connectivity index (χ4n) is 4.52. The summed E-state index contributed by atoms with van der Waals surface area (Å²) < 4.78 is 1.00. The average Bonchev–Trinajstić information content (AvgIpc) is 3.26. The van der Waals surface area contributed by atoms with Crippen molar-refractivity contribution in [1.82, 2.24) is 20.4 Å². The zero-order chi connectivity index (χ0) is 18.6.